The molecule has 1 atom stereocenters. The second-order valence-corrected chi connectivity index (χ2v) is 4.69. The van der Waals surface area contributed by atoms with Crippen molar-refractivity contribution >= 4 is 11.6 Å². The number of rotatable bonds is 5. The maximum atomic E-state index is 13.7. The Morgan fingerprint density at radius 2 is 1.95 bits per heavy atom. The molecule has 20 heavy (non-hydrogen) atoms. The third-order valence-electron chi connectivity index (χ3n) is 2.92. The molecule has 5 heteroatoms. The maximum Gasteiger partial charge on any atom is 0.163 e. The van der Waals surface area contributed by atoms with Crippen molar-refractivity contribution in [2.24, 2.45) is 0 Å². The lowest BCUT2D eigenvalue weighted by atomic mass is 10.1. The van der Waals surface area contributed by atoms with E-state index >= 15 is 0 Å². The zero-order chi connectivity index (χ0) is 14.5. The van der Waals surface area contributed by atoms with Crippen LogP contribution in [0.15, 0.2) is 42.5 Å². The lowest BCUT2D eigenvalue weighted by Gasteiger charge is -2.18. The number of halogens is 3. The molecule has 2 nitrogen and oxygen atoms in total. The fraction of sp³-hybridized carbons (Fsp3) is 0.200. The summed E-state index contributed by atoms with van der Waals surface area (Å²) in [5, 5.41) is 3.46. The molecule has 0 aliphatic rings. The Balaban J connectivity index is 2.11. The molecule has 0 aromatic heterocycles. The second-order valence-electron chi connectivity index (χ2n) is 4.25. The van der Waals surface area contributed by atoms with Gasteiger partial charge in [0.15, 0.2) is 11.6 Å². The summed E-state index contributed by atoms with van der Waals surface area (Å²) >= 11 is 5.85. The SMILES string of the molecule is CNC(COc1cccc(Cl)c1)c1cccc(F)c1F. The molecule has 0 saturated heterocycles. The minimum atomic E-state index is -0.870. The molecule has 1 unspecified atom stereocenters. The lowest BCUT2D eigenvalue weighted by Crippen LogP contribution is -2.24. The van der Waals surface area contributed by atoms with Gasteiger partial charge in [0, 0.05) is 10.6 Å². The number of nitrogens with one attached hydrogen (secondary N) is 1. The molecule has 0 spiro atoms. The van der Waals surface area contributed by atoms with E-state index in [1.54, 1.807) is 31.3 Å². The van der Waals surface area contributed by atoms with E-state index < -0.39 is 17.7 Å². The molecule has 0 aliphatic heterocycles. The number of hydrogen-bond acceptors (Lipinski definition) is 2. The van der Waals surface area contributed by atoms with E-state index in [1.165, 1.54) is 12.1 Å². The van der Waals surface area contributed by atoms with Crippen LogP contribution in [0, 0.1) is 11.6 Å². The average Bonchev–Trinajstić information content (AvgIpc) is 2.44. The predicted octanol–water partition coefficient (Wildman–Crippen LogP) is 3.96. The Hall–Kier alpha value is -1.65. The topological polar surface area (TPSA) is 21.3 Å². The van der Waals surface area contributed by atoms with Crippen molar-refractivity contribution in [1.82, 2.24) is 5.32 Å². The molecule has 0 amide bonds. The van der Waals surface area contributed by atoms with Gasteiger partial charge in [-0.25, -0.2) is 8.78 Å². The molecule has 2 aromatic rings. The van der Waals surface area contributed by atoms with E-state index in [1.807, 2.05) is 0 Å². The summed E-state index contributed by atoms with van der Waals surface area (Å²) in [5.74, 6) is -1.15. The van der Waals surface area contributed by atoms with E-state index in [-0.39, 0.29) is 12.2 Å². The first-order chi connectivity index (χ1) is 9.61. The van der Waals surface area contributed by atoms with Gasteiger partial charge in [-0.3, -0.25) is 0 Å². The van der Waals surface area contributed by atoms with Gasteiger partial charge >= 0.3 is 0 Å². The van der Waals surface area contributed by atoms with Gasteiger partial charge in [0.1, 0.15) is 12.4 Å². The van der Waals surface area contributed by atoms with Crippen molar-refractivity contribution in [2.75, 3.05) is 13.7 Å². The highest BCUT2D eigenvalue weighted by Gasteiger charge is 2.17. The van der Waals surface area contributed by atoms with E-state index in [0.29, 0.717) is 10.8 Å². The average molecular weight is 298 g/mol. The van der Waals surface area contributed by atoms with Crippen LogP contribution >= 0.6 is 11.6 Å². The second kappa shape index (κ2) is 6.68. The summed E-state index contributed by atoms with van der Waals surface area (Å²) in [6.45, 7) is 0.164. The molecular formula is C15H14ClF2NO. The molecule has 0 heterocycles. The van der Waals surface area contributed by atoms with Crippen LogP contribution in [0.25, 0.3) is 0 Å². The normalized spacial score (nSPS) is 12.2. The Labute approximate surface area is 121 Å². The highest BCUT2D eigenvalue weighted by molar-refractivity contribution is 6.30. The van der Waals surface area contributed by atoms with Gasteiger partial charge in [-0.15, -0.1) is 0 Å². The monoisotopic (exact) mass is 297 g/mol. The number of likely N-dealkylation sites (N-methyl/N-ethyl adjacent to an activating group) is 1. The largest absolute Gasteiger partial charge is 0.492 e. The van der Waals surface area contributed by atoms with Crippen LogP contribution in [-0.2, 0) is 0 Å². The van der Waals surface area contributed by atoms with Crippen molar-refractivity contribution < 1.29 is 13.5 Å². The van der Waals surface area contributed by atoms with Crippen molar-refractivity contribution in [3.05, 3.63) is 64.7 Å². The van der Waals surface area contributed by atoms with Crippen LogP contribution in [0.3, 0.4) is 0 Å². The lowest BCUT2D eigenvalue weighted by molar-refractivity contribution is 0.268. The van der Waals surface area contributed by atoms with Crippen molar-refractivity contribution in [1.29, 1.82) is 0 Å². The molecular weight excluding hydrogens is 284 g/mol. The van der Waals surface area contributed by atoms with Crippen LogP contribution in [-0.4, -0.2) is 13.7 Å². The summed E-state index contributed by atoms with van der Waals surface area (Å²) in [6, 6.07) is 10.5. The molecule has 0 radical (unpaired) electrons. The highest BCUT2D eigenvalue weighted by Crippen LogP contribution is 2.22. The molecule has 106 valence electrons. The number of hydrogen-bond donors (Lipinski definition) is 1. The van der Waals surface area contributed by atoms with Gasteiger partial charge in [-0.1, -0.05) is 29.8 Å². The summed E-state index contributed by atoms with van der Waals surface area (Å²) in [4.78, 5) is 0. The van der Waals surface area contributed by atoms with E-state index in [9.17, 15) is 8.78 Å². The Kier molecular flexibility index (Phi) is 4.93. The third-order valence-corrected chi connectivity index (χ3v) is 3.15. The molecule has 2 rings (SSSR count). The van der Waals surface area contributed by atoms with Crippen molar-refractivity contribution in [3.8, 4) is 5.75 Å². The van der Waals surface area contributed by atoms with Crippen LogP contribution in [0.5, 0.6) is 5.75 Å². The Morgan fingerprint density at radius 1 is 1.20 bits per heavy atom. The molecule has 0 fully saturated rings. The van der Waals surface area contributed by atoms with E-state index in [4.69, 9.17) is 16.3 Å². The van der Waals surface area contributed by atoms with Crippen molar-refractivity contribution in [3.63, 3.8) is 0 Å². The smallest absolute Gasteiger partial charge is 0.163 e. The fourth-order valence-electron chi connectivity index (χ4n) is 1.85. The summed E-state index contributed by atoms with van der Waals surface area (Å²) < 4.78 is 32.5. The minimum absolute atomic E-state index is 0.164. The molecule has 0 aliphatic carbocycles. The van der Waals surface area contributed by atoms with E-state index in [2.05, 4.69) is 5.32 Å². The molecule has 0 bridgehead atoms. The quantitative estimate of drug-likeness (QED) is 0.902. The Bertz CT molecular complexity index is 592. The van der Waals surface area contributed by atoms with Gasteiger partial charge in [-0.05, 0) is 31.3 Å². The maximum absolute atomic E-state index is 13.7. The Morgan fingerprint density at radius 3 is 2.65 bits per heavy atom. The first kappa shape index (κ1) is 14.8. The summed E-state index contributed by atoms with van der Waals surface area (Å²) in [6.07, 6.45) is 0. The van der Waals surface area contributed by atoms with Gasteiger partial charge < -0.3 is 10.1 Å². The van der Waals surface area contributed by atoms with Gasteiger partial charge in [0.2, 0.25) is 0 Å². The minimum Gasteiger partial charge on any atom is -0.492 e. The predicted molar refractivity (Wildman–Crippen MR) is 75.1 cm³/mol. The third kappa shape index (κ3) is 3.46. The number of benzene rings is 2. The zero-order valence-electron chi connectivity index (χ0n) is 10.9. The molecule has 1 N–H and O–H groups in total. The van der Waals surface area contributed by atoms with Crippen molar-refractivity contribution in [2.45, 2.75) is 6.04 Å². The molecule has 2 aromatic carbocycles. The van der Waals surface area contributed by atoms with Gasteiger partial charge in [0.05, 0.1) is 6.04 Å². The first-order valence-electron chi connectivity index (χ1n) is 6.11. The zero-order valence-corrected chi connectivity index (χ0v) is 11.6. The standard InChI is InChI=1S/C15H14ClF2NO/c1-19-14(12-6-3-7-13(17)15(12)18)9-20-11-5-2-4-10(16)8-11/h2-8,14,19H,9H2,1H3. The highest BCUT2D eigenvalue weighted by atomic mass is 35.5. The van der Waals surface area contributed by atoms with E-state index in [0.717, 1.165) is 6.07 Å². The van der Waals surface area contributed by atoms with Crippen LogP contribution < -0.4 is 10.1 Å². The van der Waals surface area contributed by atoms with Crippen LogP contribution in [0.2, 0.25) is 5.02 Å². The van der Waals surface area contributed by atoms with Crippen LogP contribution in [0.4, 0.5) is 8.78 Å². The molecule has 0 saturated carbocycles. The fourth-order valence-corrected chi connectivity index (χ4v) is 2.03. The summed E-state index contributed by atoms with van der Waals surface area (Å²) in [7, 11) is 1.66. The van der Waals surface area contributed by atoms with Gasteiger partial charge in [0.25, 0.3) is 0 Å². The van der Waals surface area contributed by atoms with Crippen LogP contribution in [0.1, 0.15) is 11.6 Å². The first-order valence-corrected chi connectivity index (χ1v) is 6.49. The number of ether oxygens (including phenoxy) is 1. The van der Waals surface area contributed by atoms with Gasteiger partial charge in [-0.2, -0.15) is 0 Å². The summed E-state index contributed by atoms with van der Waals surface area (Å²) in [5.41, 5.74) is 0.231.